The van der Waals surface area contributed by atoms with Gasteiger partial charge >= 0.3 is 7.12 Å². The molecule has 2 aromatic heterocycles. The third-order valence-electron chi connectivity index (χ3n) is 4.11. The molecule has 34 heavy (non-hydrogen) atoms. The molecule has 0 bridgehead atoms. The summed E-state index contributed by atoms with van der Waals surface area (Å²) in [7, 11) is -1.35. The van der Waals surface area contributed by atoms with E-state index in [-0.39, 0.29) is 0 Å². The fraction of sp³-hybridized carbons (Fsp3) is 0.130. The normalized spacial score (nSPS) is 9.91. The maximum absolute atomic E-state index is 8.83. The van der Waals surface area contributed by atoms with Gasteiger partial charge in [0.05, 0.1) is 5.69 Å². The molecule has 0 spiro atoms. The first-order valence-electron chi connectivity index (χ1n) is 9.86. The van der Waals surface area contributed by atoms with Crippen LogP contribution in [-0.4, -0.2) is 37.1 Å². The highest BCUT2D eigenvalue weighted by molar-refractivity contribution is 6.58. The number of hydrogen-bond acceptors (Lipinski definition) is 6. The molecule has 0 aliphatic heterocycles. The zero-order valence-electron chi connectivity index (χ0n) is 18.5. The monoisotopic (exact) mass is 536 g/mol. The van der Waals surface area contributed by atoms with Crippen LogP contribution in [0.25, 0.3) is 11.3 Å². The molecule has 0 radical (unpaired) electrons. The van der Waals surface area contributed by atoms with Crippen LogP contribution in [0.4, 0.5) is 0 Å². The number of benzene rings is 2. The van der Waals surface area contributed by atoms with Gasteiger partial charge in [0, 0.05) is 22.7 Å². The second-order valence-corrected chi connectivity index (χ2v) is 8.80. The zero-order chi connectivity index (χ0) is 25.3. The van der Waals surface area contributed by atoms with Crippen molar-refractivity contribution in [3.63, 3.8) is 0 Å². The summed E-state index contributed by atoms with van der Waals surface area (Å²) in [5.41, 5.74) is 5.47. The third kappa shape index (κ3) is 9.93. The van der Waals surface area contributed by atoms with E-state index in [1.807, 2.05) is 45.0 Å². The molecule has 2 heterocycles. The van der Waals surface area contributed by atoms with Crippen LogP contribution in [0.5, 0.6) is 0 Å². The molecule has 176 valence electrons. The van der Waals surface area contributed by atoms with Crippen molar-refractivity contribution >= 4 is 59.0 Å². The van der Waals surface area contributed by atoms with E-state index in [9.17, 15) is 0 Å². The van der Waals surface area contributed by atoms with Crippen molar-refractivity contribution in [1.29, 1.82) is 0 Å². The topological polar surface area (TPSA) is 92.0 Å². The molecule has 0 saturated carbocycles. The lowest BCUT2D eigenvalue weighted by Gasteiger charge is -2.03. The number of aryl methyl sites for hydroxylation is 3. The Hall–Kier alpha value is -2.26. The van der Waals surface area contributed by atoms with E-state index in [1.54, 1.807) is 18.2 Å². The van der Waals surface area contributed by atoms with E-state index in [0.717, 1.165) is 27.9 Å². The van der Waals surface area contributed by atoms with E-state index >= 15 is 0 Å². The van der Waals surface area contributed by atoms with Gasteiger partial charge in [0.1, 0.15) is 28.1 Å². The molecular weight excluding hydrogens is 517 g/mol. The first kappa shape index (κ1) is 28.0. The standard InChI is InChI=1S/C11H8Cl2N2.C8H11BO2.C4H2Cl2N2/c1-7-2-8(4-9(12)3-7)10-5-11(13)15-6-14-10;1-6-3-7(2)5-8(4-6)9(10)11;5-3-1-4(6)8-2-7-3/h2-6H,1H3;3-5,10-11H,1-2H3;1-2H. The van der Waals surface area contributed by atoms with Gasteiger partial charge in [-0.05, 0) is 50.0 Å². The van der Waals surface area contributed by atoms with Crippen LogP contribution in [0.1, 0.15) is 16.7 Å². The van der Waals surface area contributed by atoms with E-state index in [1.165, 1.54) is 18.7 Å². The fourth-order valence-electron chi connectivity index (χ4n) is 2.85. The van der Waals surface area contributed by atoms with Gasteiger partial charge < -0.3 is 10.0 Å². The Labute approximate surface area is 218 Å². The summed E-state index contributed by atoms with van der Waals surface area (Å²) in [6.45, 7) is 5.84. The first-order valence-corrected chi connectivity index (χ1v) is 11.4. The number of hydrogen-bond donors (Lipinski definition) is 2. The minimum absolute atomic E-state index is 0.366. The lowest BCUT2D eigenvalue weighted by molar-refractivity contribution is 0.425. The molecule has 0 atom stereocenters. The summed E-state index contributed by atoms with van der Waals surface area (Å²) < 4.78 is 0. The van der Waals surface area contributed by atoms with Gasteiger partial charge in [0.2, 0.25) is 0 Å². The van der Waals surface area contributed by atoms with Crippen LogP contribution in [0.15, 0.2) is 61.2 Å². The van der Waals surface area contributed by atoms with Crippen molar-refractivity contribution in [2.24, 2.45) is 0 Å². The molecule has 2 N–H and O–H groups in total. The molecule has 0 fully saturated rings. The van der Waals surface area contributed by atoms with E-state index < -0.39 is 7.12 Å². The highest BCUT2D eigenvalue weighted by Gasteiger charge is 2.10. The molecule has 6 nitrogen and oxygen atoms in total. The Morgan fingerprint density at radius 1 is 0.588 bits per heavy atom. The van der Waals surface area contributed by atoms with Gasteiger partial charge in [-0.1, -0.05) is 75.7 Å². The predicted molar refractivity (Wildman–Crippen MR) is 140 cm³/mol. The summed E-state index contributed by atoms with van der Waals surface area (Å²) in [5, 5.41) is 19.5. The average Bonchev–Trinajstić information content (AvgIpc) is 2.73. The van der Waals surface area contributed by atoms with E-state index in [2.05, 4.69) is 19.9 Å². The van der Waals surface area contributed by atoms with E-state index in [0.29, 0.717) is 25.9 Å². The summed E-state index contributed by atoms with van der Waals surface area (Å²) in [5.74, 6) is 0. The van der Waals surface area contributed by atoms with Crippen molar-refractivity contribution in [3.8, 4) is 11.3 Å². The first-order chi connectivity index (χ1) is 16.0. The van der Waals surface area contributed by atoms with Crippen molar-refractivity contribution in [2.45, 2.75) is 20.8 Å². The Bertz CT molecular complexity index is 1190. The van der Waals surface area contributed by atoms with E-state index in [4.69, 9.17) is 56.5 Å². The van der Waals surface area contributed by atoms with Crippen molar-refractivity contribution in [1.82, 2.24) is 19.9 Å². The molecule has 4 aromatic rings. The molecule has 0 amide bonds. The third-order valence-corrected chi connectivity index (χ3v) is 4.95. The van der Waals surface area contributed by atoms with Crippen LogP contribution in [0, 0.1) is 20.8 Å². The maximum atomic E-state index is 8.83. The summed E-state index contributed by atoms with van der Waals surface area (Å²) >= 11 is 22.6. The Morgan fingerprint density at radius 3 is 1.53 bits per heavy atom. The molecule has 2 aromatic carbocycles. The summed E-state index contributed by atoms with van der Waals surface area (Å²) in [6.07, 6.45) is 2.75. The Kier molecular flexibility index (Phi) is 11.2. The van der Waals surface area contributed by atoms with Crippen molar-refractivity contribution < 1.29 is 10.0 Å². The van der Waals surface area contributed by atoms with Crippen LogP contribution in [0.3, 0.4) is 0 Å². The summed E-state index contributed by atoms with van der Waals surface area (Å²) in [4.78, 5) is 15.2. The molecule has 0 aliphatic carbocycles. The van der Waals surface area contributed by atoms with Gasteiger partial charge in [0.15, 0.2) is 0 Å². The smallest absolute Gasteiger partial charge is 0.423 e. The van der Waals surface area contributed by atoms with Crippen LogP contribution >= 0.6 is 46.4 Å². The minimum atomic E-state index is -1.35. The second kappa shape index (κ2) is 13.6. The Balaban J connectivity index is 0.000000190. The van der Waals surface area contributed by atoms with Gasteiger partial charge in [-0.25, -0.2) is 19.9 Å². The largest absolute Gasteiger partial charge is 0.488 e. The SMILES string of the molecule is Cc1cc(C)cc(B(O)O)c1.Cc1cc(Cl)cc(-c2cc(Cl)ncn2)c1.Clc1cc(Cl)ncn1. The number of rotatable bonds is 2. The zero-order valence-corrected chi connectivity index (χ0v) is 21.6. The highest BCUT2D eigenvalue weighted by atomic mass is 35.5. The molecular formula is C23H21BCl4N4O2. The highest BCUT2D eigenvalue weighted by Crippen LogP contribution is 2.24. The summed E-state index contributed by atoms with van der Waals surface area (Å²) in [6, 6.07) is 14.5. The number of halogens is 4. The van der Waals surface area contributed by atoms with Gasteiger partial charge in [0.25, 0.3) is 0 Å². The maximum Gasteiger partial charge on any atom is 0.488 e. The quantitative estimate of drug-likeness (QED) is 0.258. The van der Waals surface area contributed by atoms with Crippen LogP contribution in [-0.2, 0) is 0 Å². The predicted octanol–water partition coefficient (Wildman–Crippen LogP) is 5.53. The van der Waals surface area contributed by atoms with Crippen LogP contribution in [0.2, 0.25) is 20.5 Å². The van der Waals surface area contributed by atoms with Gasteiger partial charge in [-0.3, -0.25) is 0 Å². The molecule has 0 aliphatic rings. The lowest BCUT2D eigenvalue weighted by Crippen LogP contribution is -2.30. The molecule has 4 rings (SSSR count). The Morgan fingerprint density at radius 2 is 1.09 bits per heavy atom. The van der Waals surface area contributed by atoms with Crippen molar-refractivity contribution in [3.05, 3.63) is 98.4 Å². The van der Waals surface area contributed by atoms with Gasteiger partial charge in [-0.15, -0.1) is 0 Å². The minimum Gasteiger partial charge on any atom is -0.423 e. The number of nitrogens with zero attached hydrogens (tertiary/aromatic N) is 4. The second-order valence-electron chi connectivity index (χ2n) is 7.20. The van der Waals surface area contributed by atoms with Gasteiger partial charge in [-0.2, -0.15) is 0 Å². The lowest BCUT2D eigenvalue weighted by atomic mass is 9.79. The fourth-order valence-corrected chi connectivity index (χ4v) is 3.63. The average molecular weight is 538 g/mol. The molecule has 11 heteroatoms. The molecule has 0 unspecified atom stereocenters. The molecule has 0 saturated heterocycles. The van der Waals surface area contributed by atoms with Crippen LogP contribution < -0.4 is 5.46 Å². The van der Waals surface area contributed by atoms with Crippen molar-refractivity contribution in [2.75, 3.05) is 0 Å². The number of aromatic nitrogens is 4.